The number of hydrogen-bond donors (Lipinski definition) is 1. The third kappa shape index (κ3) is 1.98. The van der Waals surface area contributed by atoms with Crippen LogP contribution in [0.5, 0.6) is 0 Å². The van der Waals surface area contributed by atoms with Gasteiger partial charge in [-0.25, -0.2) is 0 Å². The number of nitrogens with two attached hydrogens (primary N) is 1. The van der Waals surface area contributed by atoms with E-state index in [9.17, 15) is 0 Å². The van der Waals surface area contributed by atoms with Crippen molar-refractivity contribution < 1.29 is 9.26 Å². The lowest BCUT2D eigenvalue weighted by Gasteiger charge is -2.31. The molecule has 2 aliphatic rings. The van der Waals surface area contributed by atoms with Crippen molar-refractivity contribution in [2.24, 2.45) is 5.73 Å². The van der Waals surface area contributed by atoms with E-state index in [0.717, 1.165) is 31.1 Å². The molecule has 5 heteroatoms. The van der Waals surface area contributed by atoms with Crippen LogP contribution in [-0.4, -0.2) is 35.4 Å². The molecule has 1 aromatic heterocycles. The largest absolute Gasteiger partial charge is 0.372 e. The fourth-order valence-electron chi connectivity index (χ4n) is 2.58. The molecule has 0 spiro atoms. The van der Waals surface area contributed by atoms with Gasteiger partial charge < -0.3 is 15.0 Å². The summed E-state index contributed by atoms with van der Waals surface area (Å²) in [6.07, 6.45) is 3.25. The highest BCUT2D eigenvalue weighted by molar-refractivity contribution is 5.05. The maximum absolute atomic E-state index is 5.78. The Morgan fingerprint density at radius 1 is 1.38 bits per heavy atom. The number of rotatable bonds is 3. The summed E-state index contributed by atoms with van der Waals surface area (Å²) >= 11 is 0. The maximum Gasteiger partial charge on any atom is 0.151 e. The van der Waals surface area contributed by atoms with Crippen molar-refractivity contribution in [1.82, 2.24) is 10.1 Å². The van der Waals surface area contributed by atoms with Gasteiger partial charge in [0, 0.05) is 25.7 Å². The summed E-state index contributed by atoms with van der Waals surface area (Å²) in [4.78, 5) is 2.38. The first-order chi connectivity index (χ1) is 7.83. The number of ether oxygens (including phenoxy) is 1. The van der Waals surface area contributed by atoms with E-state index in [1.165, 1.54) is 12.8 Å². The Morgan fingerprint density at radius 3 is 2.75 bits per heavy atom. The first-order valence-corrected chi connectivity index (χ1v) is 5.86. The Bertz CT molecular complexity index is 354. The topological polar surface area (TPSA) is 64.5 Å². The Kier molecular flexibility index (Phi) is 2.67. The lowest BCUT2D eigenvalue weighted by Crippen LogP contribution is -2.41. The lowest BCUT2D eigenvalue weighted by molar-refractivity contribution is -0.0431. The van der Waals surface area contributed by atoms with Crippen LogP contribution >= 0.6 is 0 Å². The van der Waals surface area contributed by atoms with Gasteiger partial charge in [0.15, 0.2) is 5.76 Å². The van der Waals surface area contributed by atoms with Gasteiger partial charge in [-0.2, -0.15) is 0 Å². The third-order valence-electron chi connectivity index (χ3n) is 3.32. The molecule has 0 radical (unpaired) electrons. The first kappa shape index (κ1) is 10.3. The highest BCUT2D eigenvalue weighted by atomic mass is 16.5. The minimum absolute atomic E-state index is 0.427. The molecule has 1 aromatic rings. The Morgan fingerprint density at radius 2 is 2.12 bits per heavy atom. The standard InChI is InChI=1S/C11H17N3O2/c12-4-8-3-11(16-13-8)7-14-5-9-1-2-10(6-14)15-9/h3,9-10H,1-2,4-7,12H2. The smallest absolute Gasteiger partial charge is 0.151 e. The molecule has 3 rings (SSSR count). The zero-order valence-electron chi connectivity index (χ0n) is 9.26. The van der Waals surface area contributed by atoms with Gasteiger partial charge in [0.2, 0.25) is 0 Å². The predicted molar refractivity (Wildman–Crippen MR) is 57.6 cm³/mol. The second kappa shape index (κ2) is 4.16. The number of likely N-dealkylation sites (tertiary alicyclic amines) is 1. The van der Waals surface area contributed by atoms with Crippen molar-refractivity contribution in [2.75, 3.05) is 13.1 Å². The van der Waals surface area contributed by atoms with Crippen molar-refractivity contribution in [3.63, 3.8) is 0 Å². The van der Waals surface area contributed by atoms with Crippen LogP contribution in [0.25, 0.3) is 0 Å². The molecule has 0 amide bonds. The molecule has 2 saturated heterocycles. The molecule has 2 fully saturated rings. The molecular formula is C11H17N3O2. The molecule has 0 saturated carbocycles. The van der Waals surface area contributed by atoms with Crippen molar-refractivity contribution >= 4 is 0 Å². The Balaban J connectivity index is 1.62. The summed E-state index contributed by atoms with van der Waals surface area (Å²) in [5.74, 6) is 0.904. The second-order valence-electron chi connectivity index (χ2n) is 4.64. The third-order valence-corrected chi connectivity index (χ3v) is 3.32. The van der Waals surface area contributed by atoms with Crippen molar-refractivity contribution in [2.45, 2.75) is 38.1 Å². The zero-order chi connectivity index (χ0) is 11.0. The summed E-state index contributed by atoms with van der Waals surface area (Å²) < 4.78 is 11.0. The van der Waals surface area contributed by atoms with Crippen LogP contribution in [0.1, 0.15) is 24.3 Å². The molecule has 2 aliphatic heterocycles. The van der Waals surface area contributed by atoms with E-state index in [-0.39, 0.29) is 0 Å². The summed E-state index contributed by atoms with van der Waals surface area (Å²) in [5.41, 5.74) is 6.32. The molecule has 88 valence electrons. The van der Waals surface area contributed by atoms with E-state index < -0.39 is 0 Å². The quantitative estimate of drug-likeness (QED) is 0.808. The molecule has 2 bridgehead atoms. The highest BCUT2D eigenvalue weighted by Gasteiger charge is 2.33. The predicted octanol–water partition coefficient (Wildman–Crippen LogP) is 0.496. The van der Waals surface area contributed by atoms with Gasteiger partial charge >= 0.3 is 0 Å². The number of fused-ring (bicyclic) bond motifs is 2. The van der Waals surface area contributed by atoms with Gasteiger partial charge in [-0.3, -0.25) is 4.90 Å². The second-order valence-corrected chi connectivity index (χ2v) is 4.64. The fraction of sp³-hybridized carbons (Fsp3) is 0.727. The van der Waals surface area contributed by atoms with Gasteiger partial charge in [0.05, 0.1) is 24.4 Å². The molecule has 2 atom stereocenters. The van der Waals surface area contributed by atoms with Gasteiger partial charge in [0.1, 0.15) is 0 Å². The van der Waals surface area contributed by atoms with E-state index in [4.69, 9.17) is 15.0 Å². The first-order valence-electron chi connectivity index (χ1n) is 5.86. The summed E-state index contributed by atoms with van der Waals surface area (Å²) in [6.45, 7) is 3.28. The van der Waals surface area contributed by atoms with Crippen molar-refractivity contribution in [3.8, 4) is 0 Å². The number of aromatic nitrogens is 1. The van der Waals surface area contributed by atoms with Gasteiger partial charge in [-0.05, 0) is 12.8 Å². The summed E-state index contributed by atoms with van der Waals surface area (Å²) in [6, 6.07) is 1.94. The van der Waals surface area contributed by atoms with E-state index >= 15 is 0 Å². The SMILES string of the molecule is NCc1cc(CN2CC3CCC(C2)O3)on1. The lowest BCUT2D eigenvalue weighted by atomic mass is 10.2. The maximum atomic E-state index is 5.78. The molecule has 0 aliphatic carbocycles. The van der Waals surface area contributed by atoms with E-state index in [2.05, 4.69) is 10.1 Å². The van der Waals surface area contributed by atoms with Gasteiger partial charge in [-0.15, -0.1) is 0 Å². The van der Waals surface area contributed by atoms with E-state index in [0.29, 0.717) is 18.8 Å². The van der Waals surface area contributed by atoms with Crippen LogP contribution in [0.3, 0.4) is 0 Å². The molecular weight excluding hydrogens is 206 g/mol. The van der Waals surface area contributed by atoms with Crippen LogP contribution < -0.4 is 5.73 Å². The fourth-order valence-corrected chi connectivity index (χ4v) is 2.58. The normalized spacial score (nSPS) is 29.8. The Hall–Kier alpha value is -0.910. The van der Waals surface area contributed by atoms with Crippen LogP contribution in [0, 0.1) is 0 Å². The monoisotopic (exact) mass is 223 g/mol. The van der Waals surface area contributed by atoms with Crippen LogP contribution in [-0.2, 0) is 17.8 Å². The number of morpholine rings is 1. The minimum atomic E-state index is 0.427. The molecule has 0 aromatic carbocycles. The highest BCUT2D eigenvalue weighted by Crippen LogP contribution is 2.27. The average molecular weight is 223 g/mol. The minimum Gasteiger partial charge on any atom is -0.372 e. The van der Waals surface area contributed by atoms with Gasteiger partial charge in [0.25, 0.3) is 0 Å². The van der Waals surface area contributed by atoms with Gasteiger partial charge in [-0.1, -0.05) is 5.16 Å². The molecule has 2 unspecified atom stereocenters. The molecule has 2 N–H and O–H groups in total. The molecule has 3 heterocycles. The Labute approximate surface area is 94.5 Å². The summed E-state index contributed by atoms with van der Waals surface area (Å²) in [7, 11) is 0. The van der Waals surface area contributed by atoms with E-state index in [1.54, 1.807) is 0 Å². The average Bonchev–Trinajstić information content (AvgIpc) is 2.86. The van der Waals surface area contributed by atoms with E-state index in [1.807, 2.05) is 6.07 Å². The molecule has 5 nitrogen and oxygen atoms in total. The van der Waals surface area contributed by atoms with Crippen molar-refractivity contribution in [1.29, 1.82) is 0 Å². The number of nitrogens with zero attached hydrogens (tertiary/aromatic N) is 2. The molecule has 16 heavy (non-hydrogen) atoms. The zero-order valence-corrected chi connectivity index (χ0v) is 9.26. The van der Waals surface area contributed by atoms with Crippen LogP contribution in [0.15, 0.2) is 10.6 Å². The van der Waals surface area contributed by atoms with Crippen LogP contribution in [0.2, 0.25) is 0 Å². The van der Waals surface area contributed by atoms with Crippen molar-refractivity contribution in [3.05, 3.63) is 17.5 Å². The van der Waals surface area contributed by atoms with Crippen LogP contribution in [0.4, 0.5) is 0 Å². The summed E-state index contributed by atoms with van der Waals surface area (Å²) in [5, 5.41) is 3.90. The number of hydrogen-bond acceptors (Lipinski definition) is 5.